The highest BCUT2D eigenvalue weighted by Gasteiger charge is 2.55. The van der Waals surface area contributed by atoms with E-state index in [2.05, 4.69) is 14.9 Å². The summed E-state index contributed by atoms with van der Waals surface area (Å²) in [5.74, 6) is -3.19. The second-order valence-corrected chi connectivity index (χ2v) is 10.8. The van der Waals surface area contributed by atoms with E-state index < -0.39 is 21.8 Å². The Hall–Kier alpha value is -1.23. The summed E-state index contributed by atoms with van der Waals surface area (Å²) in [6, 6.07) is 0. The molecule has 0 aliphatic carbocycles. The third kappa shape index (κ3) is 3.92. The second kappa shape index (κ2) is 7.18. The molecule has 0 saturated carbocycles. The number of hydrogen-bond donors (Lipinski definition) is 0. The SMILES string of the molecule is Cc1nc(C(C)(F)F)nc(C)c1S(=O)(=O)N1CC2(CN(CC3CCOCC3)C2)C1. The van der Waals surface area contributed by atoms with Gasteiger partial charge in [-0.05, 0) is 32.6 Å². The van der Waals surface area contributed by atoms with E-state index in [1.807, 2.05) is 0 Å². The smallest absolute Gasteiger partial charge is 0.303 e. The Morgan fingerprint density at radius 2 is 1.66 bits per heavy atom. The van der Waals surface area contributed by atoms with Gasteiger partial charge in [-0.3, -0.25) is 0 Å². The van der Waals surface area contributed by atoms with Crippen LogP contribution in [0.15, 0.2) is 4.90 Å². The molecule has 162 valence electrons. The summed E-state index contributed by atoms with van der Waals surface area (Å²) in [6.07, 6.45) is 2.19. The van der Waals surface area contributed by atoms with Crippen LogP contribution in [0.5, 0.6) is 0 Å². The Labute approximate surface area is 170 Å². The van der Waals surface area contributed by atoms with E-state index in [-0.39, 0.29) is 21.7 Å². The van der Waals surface area contributed by atoms with Crippen LogP contribution >= 0.6 is 0 Å². The highest BCUT2D eigenvalue weighted by Crippen LogP contribution is 2.43. The number of halogens is 2. The molecule has 1 aromatic heterocycles. The Morgan fingerprint density at radius 1 is 1.10 bits per heavy atom. The van der Waals surface area contributed by atoms with Gasteiger partial charge in [0, 0.05) is 58.3 Å². The van der Waals surface area contributed by atoms with Gasteiger partial charge in [0.1, 0.15) is 4.90 Å². The minimum absolute atomic E-state index is 0.0251. The average Bonchev–Trinajstić information content (AvgIpc) is 2.54. The van der Waals surface area contributed by atoms with Crippen LogP contribution in [0.25, 0.3) is 0 Å². The molecule has 0 N–H and O–H groups in total. The molecule has 1 spiro atoms. The summed E-state index contributed by atoms with van der Waals surface area (Å²) in [6.45, 7) is 9.06. The quantitative estimate of drug-likeness (QED) is 0.711. The maximum Gasteiger partial charge on any atom is 0.303 e. The van der Waals surface area contributed by atoms with Crippen molar-refractivity contribution in [3.63, 3.8) is 0 Å². The number of rotatable bonds is 5. The molecule has 4 rings (SSSR count). The maximum atomic E-state index is 13.5. The van der Waals surface area contributed by atoms with Crippen molar-refractivity contribution in [3.05, 3.63) is 17.2 Å². The van der Waals surface area contributed by atoms with E-state index in [1.165, 1.54) is 18.2 Å². The first kappa shape index (κ1) is 21.0. The first-order chi connectivity index (χ1) is 13.5. The van der Waals surface area contributed by atoms with Gasteiger partial charge >= 0.3 is 5.92 Å². The van der Waals surface area contributed by atoms with Crippen LogP contribution in [0.3, 0.4) is 0 Å². The molecule has 0 radical (unpaired) electrons. The highest BCUT2D eigenvalue weighted by molar-refractivity contribution is 7.89. The molecule has 3 saturated heterocycles. The average molecular weight is 431 g/mol. The summed E-state index contributed by atoms with van der Waals surface area (Å²) < 4.78 is 60.1. The Bertz CT molecular complexity index is 860. The largest absolute Gasteiger partial charge is 0.381 e. The van der Waals surface area contributed by atoms with Crippen LogP contribution in [-0.2, 0) is 20.7 Å². The molecular formula is C19H28F2N4O3S. The van der Waals surface area contributed by atoms with Gasteiger partial charge in [0.25, 0.3) is 0 Å². The van der Waals surface area contributed by atoms with E-state index in [1.54, 1.807) is 0 Å². The van der Waals surface area contributed by atoms with Crippen molar-refractivity contribution in [2.24, 2.45) is 11.3 Å². The van der Waals surface area contributed by atoms with Crippen LogP contribution in [0.2, 0.25) is 0 Å². The van der Waals surface area contributed by atoms with Gasteiger partial charge in [0.05, 0.1) is 11.4 Å². The van der Waals surface area contributed by atoms with Crippen molar-refractivity contribution in [2.45, 2.75) is 44.4 Å². The maximum absolute atomic E-state index is 13.5. The summed E-state index contributed by atoms with van der Waals surface area (Å²) in [7, 11) is -3.79. The molecule has 0 aromatic carbocycles. The van der Waals surface area contributed by atoms with Gasteiger partial charge in [0.15, 0.2) is 5.82 Å². The monoisotopic (exact) mass is 430 g/mol. The van der Waals surface area contributed by atoms with E-state index in [9.17, 15) is 17.2 Å². The summed E-state index contributed by atoms with van der Waals surface area (Å²) in [4.78, 5) is 9.91. The predicted octanol–water partition coefficient (Wildman–Crippen LogP) is 1.94. The molecular weight excluding hydrogens is 402 g/mol. The van der Waals surface area contributed by atoms with Crippen LogP contribution < -0.4 is 0 Å². The molecule has 0 unspecified atom stereocenters. The number of likely N-dealkylation sites (tertiary alicyclic amines) is 1. The lowest BCUT2D eigenvalue weighted by atomic mass is 9.74. The zero-order chi connectivity index (χ0) is 21.0. The third-order valence-corrected chi connectivity index (χ3v) is 8.24. The number of sulfonamides is 1. The van der Waals surface area contributed by atoms with Crippen LogP contribution in [0, 0.1) is 25.2 Å². The summed E-state index contributed by atoms with van der Waals surface area (Å²) >= 11 is 0. The lowest BCUT2D eigenvalue weighted by molar-refractivity contribution is -0.0912. The van der Waals surface area contributed by atoms with Crippen molar-refractivity contribution in [3.8, 4) is 0 Å². The number of hydrogen-bond acceptors (Lipinski definition) is 6. The number of aryl methyl sites for hydroxylation is 2. The van der Waals surface area contributed by atoms with Crippen LogP contribution in [0.1, 0.15) is 37.0 Å². The van der Waals surface area contributed by atoms with Crippen molar-refractivity contribution in [2.75, 3.05) is 45.9 Å². The van der Waals surface area contributed by atoms with Crippen LogP contribution in [0.4, 0.5) is 8.78 Å². The third-order valence-electron chi connectivity index (χ3n) is 6.19. The minimum atomic E-state index is -3.79. The molecule has 3 aliphatic heterocycles. The molecule has 0 atom stereocenters. The van der Waals surface area contributed by atoms with E-state index in [0.717, 1.165) is 45.7 Å². The lowest BCUT2D eigenvalue weighted by Gasteiger charge is -2.60. The van der Waals surface area contributed by atoms with Gasteiger partial charge in [-0.15, -0.1) is 0 Å². The molecule has 0 amide bonds. The van der Waals surface area contributed by atoms with Crippen LogP contribution in [-0.4, -0.2) is 73.5 Å². The molecule has 3 aliphatic rings. The molecule has 10 heteroatoms. The lowest BCUT2D eigenvalue weighted by Crippen LogP contribution is -2.73. The topological polar surface area (TPSA) is 75.6 Å². The second-order valence-electron chi connectivity index (χ2n) is 8.93. The molecule has 1 aromatic rings. The van der Waals surface area contributed by atoms with Gasteiger partial charge < -0.3 is 9.64 Å². The van der Waals surface area contributed by atoms with E-state index in [0.29, 0.717) is 25.9 Å². The fraction of sp³-hybridized carbons (Fsp3) is 0.789. The Kier molecular flexibility index (Phi) is 5.20. The normalized spacial score (nSPS) is 23.8. The first-order valence-electron chi connectivity index (χ1n) is 10.0. The number of aromatic nitrogens is 2. The first-order valence-corrected chi connectivity index (χ1v) is 11.5. The fourth-order valence-corrected chi connectivity index (χ4v) is 6.79. The Balaban J connectivity index is 1.40. The standard InChI is InChI=1S/C19H28F2N4O3S/c1-13-16(14(2)23-17(22-13)18(3,20)21)29(26,27)25-11-19(12-25)9-24(10-19)8-15-4-6-28-7-5-15/h15H,4-12H2,1-3H3. The van der Waals surface area contributed by atoms with Crippen molar-refractivity contribution in [1.29, 1.82) is 0 Å². The van der Waals surface area contributed by atoms with Gasteiger partial charge in [0.2, 0.25) is 10.0 Å². The minimum Gasteiger partial charge on any atom is -0.381 e. The molecule has 7 nitrogen and oxygen atoms in total. The summed E-state index contributed by atoms with van der Waals surface area (Å²) in [5, 5.41) is 0. The van der Waals surface area contributed by atoms with Crippen molar-refractivity contribution in [1.82, 2.24) is 19.2 Å². The highest BCUT2D eigenvalue weighted by atomic mass is 32.2. The predicted molar refractivity (Wildman–Crippen MR) is 102 cm³/mol. The number of ether oxygens (including phenoxy) is 1. The van der Waals surface area contributed by atoms with Crippen molar-refractivity contribution < 1.29 is 21.9 Å². The number of alkyl halides is 2. The van der Waals surface area contributed by atoms with Gasteiger partial charge in [-0.2, -0.15) is 13.1 Å². The van der Waals surface area contributed by atoms with Gasteiger partial charge in [-0.1, -0.05) is 0 Å². The molecule has 3 fully saturated rings. The van der Waals surface area contributed by atoms with E-state index in [4.69, 9.17) is 4.74 Å². The Morgan fingerprint density at radius 3 is 2.17 bits per heavy atom. The summed E-state index contributed by atoms with van der Waals surface area (Å²) in [5.41, 5.74) is 0.173. The zero-order valence-electron chi connectivity index (χ0n) is 17.1. The molecule has 4 heterocycles. The fourth-order valence-electron chi connectivity index (χ4n) is 4.80. The zero-order valence-corrected chi connectivity index (χ0v) is 17.9. The van der Waals surface area contributed by atoms with Gasteiger partial charge in [-0.25, -0.2) is 18.4 Å². The van der Waals surface area contributed by atoms with E-state index >= 15 is 0 Å². The number of nitrogens with zero attached hydrogens (tertiary/aromatic N) is 4. The van der Waals surface area contributed by atoms with Crippen molar-refractivity contribution >= 4 is 10.0 Å². The molecule has 29 heavy (non-hydrogen) atoms. The molecule has 0 bridgehead atoms.